The van der Waals surface area contributed by atoms with Crippen LogP contribution in [0.5, 0.6) is 0 Å². The molecule has 2 nitrogen and oxygen atoms in total. The summed E-state index contributed by atoms with van der Waals surface area (Å²) in [5.41, 5.74) is 8.96. The molecule has 1 aliphatic carbocycles. The Labute approximate surface area is 121 Å². The molecule has 0 bridgehead atoms. The Kier molecular flexibility index (Phi) is 4.02. The van der Waals surface area contributed by atoms with Crippen LogP contribution in [0.3, 0.4) is 0 Å². The van der Waals surface area contributed by atoms with Crippen LogP contribution in [-0.4, -0.2) is 4.98 Å². The third kappa shape index (κ3) is 2.57. The molecule has 0 saturated heterocycles. The molecule has 0 amide bonds. The van der Waals surface area contributed by atoms with Crippen molar-refractivity contribution in [1.29, 1.82) is 0 Å². The van der Waals surface area contributed by atoms with Gasteiger partial charge in [0.05, 0.1) is 5.52 Å². The fourth-order valence-corrected chi connectivity index (χ4v) is 3.70. The van der Waals surface area contributed by atoms with E-state index in [0.717, 1.165) is 11.4 Å². The van der Waals surface area contributed by atoms with Crippen molar-refractivity contribution in [2.24, 2.45) is 17.6 Å². The Bertz CT molecular complexity index is 573. The topological polar surface area (TPSA) is 38.9 Å². The van der Waals surface area contributed by atoms with Crippen molar-refractivity contribution in [2.75, 3.05) is 0 Å². The maximum Gasteiger partial charge on any atom is 0.0705 e. The van der Waals surface area contributed by atoms with Gasteiger partial charge in [-0.2, -0.15) is 0 Å². The maximum atomic E-state index is 6.62. The van der Waals surface area contributed by atoms with Gasteiger partial charge >= 0.3 is 0 Å². The molecule has 1 aromatic heterocycles. The molecule has 3 rings (SSSR count). The summed E-state index contributed by atoms with van der Waals surface area (Å²) in [6, 6.07) is 10.7. The van der Waals surface area contributed by atoms with E-state index < -0.39 is 0 Å². The monoisotopic (exact) mass is 268 g/mol. The first-order chi connectivity index (χ1) is 9.79. The molecule has 3 atom stereocenters. The minimum atomic E-state index is 0.150. The van der Waals surface area contributed by atoms with Crippen molar-refractivity contribution in [1.82, 2.24) is 4.98 Å². The maximum absolute atomic E-state index is 6.62. The fourth-order valence-electron chi connectivity index (χ4n) is 3.70. The van der Waals surface area contributed by atoms with Gasteiger partial charge in [-0.1, -0.05) is 44.4 Å². The number of hydrogen-bond donors (Lipinski definition) is 1. The Morgan fingerprint density at radius 2 is 2.15 bits per heavy atom. The molecule has 106 valence electrons. The SMILES string of the molecule is CCC1CCCC(C(N)c2cccc3ncccc23)C1. The van der Waals surface area contributed by atoms with E-state index >= 15 is 0 Å². The first-order valence-electron chi connectivity index (χ1n) is 7.88. The van der Waals surface area contributed by atoms with E-state index in [1.165, 1.54) is 43.1 Å². The summed E-state index contributed by atoms with van der Waals surface area (Å²) in [4.78, 5) is 4.44. The molecule has 1 heterocycles. The number of benzene rings is 1. The molecule has 20 heavy (non-hydrogen) atoms. The van der Waals surface area contributed by atoms with Crippen LogP contribution in [-0.2, 0) is 0 Å². The number of nitrogens with two attached hydrogens (primary N) is 1. The van der Waals surface area contributed by atoms with Gasteiger partial charge in [0.2, 0.25) is 0 Å². The second-order valence-electron chi connectivity index (χ2n) is 6.14. The van der Waals surface area contributed by atoms with Crippen LogP contribution in [0.15, 0.2) is 36.5 Å². The van der Waals surface area contributed by atoms with Crippen LogP contribution in [0.2, 0.25) is 0 Å². The Hall–Kier alpha value is -1.41. The molecule has 1 fully saturated rings. The summed E-state index contributed by atoms with van der Waals surface area (Å²) in [5.74, 6) is 1.49. The second kappa shape index (κ2) is 5.92. The number of pyridine rings is 1. The highest BCUT2D eigenvalue weighted by Crippen LogP contribution is 2.38. The molecule has 2 N–H and O–H groups in total. The van der Waals surface area contributed by atoms with Crippen molar-refractivity contribution >= 4 is 10.9 Å². The lowest BCUT2D eigenvalue weighted by atomic mass is 9.75. The van der Waals surface area contributed by atoms with Crippen molar-refractivity contribution in [3.63, 3.8) is 0 Å². The fraction of sp³-hybridized carbons (Fsp3) is 0.500. The number of fused-ring (bicyclic) bond motifs is 1. The van der Waals surface area contributed by atoms with Crippen LogP contribution in [0.4, 0.5) is 0 Å². The normalized spacial score (nSPS) is 24.7. The zero-order valence-corrected chi connectivity index (χ0v) is 12.3. The highest BCUT2D eigenvalue weighted by Gasteiger charge is 2.27. The second-order valence-corrected chi connectivity index (χ2v) is 6.14. The molecule has 1 aliphatic rings. The summed E-state index contributed by atoms with van der Waals surface area (Å²) in [6.07, 6.45) is 8.42. The molecular weight excluding hydrogens is 244 g/mol. The van der Waals surface area contributed by atoms with E-state index in [1.54, 1.807) is 0 Å². The van der Waals surface area contributed by atoms with Gasteiger partial charge in [-0.3, -0.25) is 4.98 Å². The highest BCUT2D eigenvalue weighted by atomic mass is 14.7. The van der Waals surface area contributed by atoms with Crippen LogP contribution >= 0.6 is 0 Å². The van der Waals surface area contributed by atoms with E-state index in [1.807, 2.05) is 12.3 Å². The smallest absolute Gasteiger partial charge is 0.0705 e. The number of aromatic nitrogens is 1. The van der Waals surface area contributed by atoms with Gasteiger partial charge in [-0.15, -0.1) is 0 Å². The van der Waals surface area contributed by atoms with Gasteiger partial charge in [0.25, 0.3) is 0 Å². The summed E-state index contributed by atoms with van der Waals surface area (Å²) >= 11 is 0. The largest absolute Gasteiger partial charge is 0.324 e. The van der Waals surface area contributed by atoms with E-state index in [0.29, 0.717) is 5.92 Å². The van der Waals surface area contributed by atoms with Crippen LogP contribution in [0.1, 0.15) is 50.6 Å². The predicted molar refractivity (Wildman–Crippen MR) is 84.4 cm³/mol. The van der Waals surface area contributed by atoms with E-state index in [9.17, 15) is 0 Å². The van der Waals surface area contributed by atoms with Gasteiger partial charge in [0, 0.05) is 17.6 Å². The minimum Gasteiger partial charge on any atom is -0.324 e. The lowest BCUT2D eigenvalue weighted by Crippen LogP contribution is -2.27. The molecule has 1 saturated carbocycles. The summed E-state index contributed by atoms with van der Waals surface area (Å²) in [7, 11) is 0. The minimum absolute atomic E-state index is 0.150. The molecule has 0 spiro atoms. The van der Waals surface area contributed by atoms with Gasteiger partial charge in [0.15, 0.2) is 0 Å². The summed E-state index contributed by atoms with van der Waals surface area (Å²) in [6.45, 7) is 2.31. The Morgan fingerprint density at radius 1 is 1.25 bits per heavy atom. The average molecular weight is 268 g/mol. The van der Waals surface area contributed by atoms with Crippen LogP contribution < -0.4 is 5.73 Å². The summed E-state index contributed by atoms with van der Waals surface area (Å²) in [5, 5.41) is 1.22. The van der Waals surface area contributed by atoms with Crippen molar-refractivity contribution in [2.45, 2.75) is 45.1 Å². The zero-order valence-electron chi connectivity index (χ0n) is 12.3. The first-order valence-corrected chi connectivity index (χ1v) is 7.88. The predicted octanol–water partition coefficient (Wildman–Crippen LogP) is 4.45. The molecule has 2 aromatic rings. The first kappa shape index (κ1) is 13.6. The molecule has 2 heteroatoms. The third-order valence-corrected chi connectivity index (χ3v) is 4.95. The molecular formula is C18H24N2. The van der Waals surface area contributed by atoms with Gasteiger partial charge in [-0.05, 0) is 42.4 Å². The Balaban J connectivity index is 1.90. The quantitative estimate of drug-likeness (QED) is 0.893. The van der Waals surface area contributed by atoms with E-state index in [4.69, 9.17) is 5.73 Å². The third-order valence-electron chi connectivity index (χ3n) is 4.95. The van der Waals surface area contributed by atoms with E-state index in [2.05, 4.69) is 36.2 Å². The van der Waals surface area contributed by atoms with Gasteiger partial charge in [-0.25, -0.2) is 0 Å². The molecule has 0 radical (unpaired) electrons. The van der Waals surface area contributed by atoms with E-state index in [-0.39, 0.29) is 6.04 Å². The van der Waals surface area contributed by atoms with Crippen LogP contribution in [0, 0.1) is 11.8 Å². The number of nitrogens with zero attached hydrogens (tertiary/aromatic N) is 1. The highest BCUT2D eigenvalue weighted by molar-refractivity contribution is 5.82. The van der Waals surface area contributed by atoms with Crippen molar-refractivity contribution in [3.05, 3.63) is 42.1 Å². The van der Waals surface area contributed by atoms with Crippen molar-refractivity contribution < 1.29 is 0 Å². The number of hydrogen-bond acceptors (Lipinski definition) is 2. The van der Waals surface area contributed by atoms with Gasteiger partial charge < -0.3 is 5.73 Å². The van der Waals surface area contributed by atoms with Gasteiger partial charge in [0.1, 0.15) is 0 Å². The van der Waals surface area contributed by atoms with Crippen molar-refractivity contribution in [3.8, 4) is 0 Å². The lowest BCUT2D eigenvalue weighted by Gasteiger charge is -2.33. The number of rotatable bonds is 3. The lowest BCUT2D eigenvalue weighted by molar-refractivity contribution is 0.231. The molecule has 3 unspecified atom stereocenters. The van der Waals surface area contributed by atoms with Crippen LogP contribution in [0.25, 0.3) is 10.9 Å². The summed E-state index contributed by atoms with van der Waals surface area (Å²) < 4.78 is 0. The zero-order chi connectivity index (χ0) is 13.9. The molecule has 0 aliphatic heterocycles. The Morgan fingerprint density at radius 3 is 3.00 bits per heavy atom. The standard InChI is InChI=1S/C18H24N2/c1-2-13-6-3-7-14(12-13)18(19)16-8-4-10-17-15(16)9-5-11-20-17/h4-5,8-11,13-14,18H,2-3,6-7,12,19H2,1H3. The average Bonchev–Trinajstić information content (AvgIpc) is 2.53. The molecule has 1 aromatic carbocycles.